The Morgan fingerprint density at radius 1 is 0.874 bits per heavy atom. The Bertz CT molecular complexity index is 3000. The first-order valence-electron chi connectivity index (χ1n) is 35.0. The molecule has 3 aliphatic heterocycles. The largest absolute Gasteiger partial charge is 0.396 e. The molecule has 0 aromatic rings. The number of carbonyl (C=O) groups excluding carboxylic acids is 1. The molecule has 2 spiro atoms. The Balaban J connectivity index is 0.941. The predicted molar refractivity (Wildman–Crippen MR) is 327 cm³/mol. The highest BCUT2D eigenvalue weighted by molar-refractivity contribution is 6.01. The van der Waals surface area contributed by atoms with E-state index >= 15 is 15.0 Å². The molecule has 2 bridgehead atoms. The molecule has 2 saturated heterocycles. The first-order chi connectivity index (χ1) is 41.6. The lowest BCUT2D eigenvalue weighted by atomic mass is 9.30. The van der Waals surface area contributed by atoms with Gasteiger partial charge in [-0.15, -0.1) is 0 Å². The lowest BCUT2D eigenvalue weighted by Gasteiger charge is -2.74. The molecule has 7 saturated carbocycles. The fourth-order valence-corrected chi connectivity index (χ4v) is 24.6. The van der Waals surface area contributed by atoms with Gasteiger partial charge in [0.2, 0.25) is 0 Å². The minimum Gasteiger partial charge on any atom is -0.396 e. The molecule has 26 atom stereocenters. The number of hydrogen-bond acceptors (Lipinski definition) is 15. The van der Waals surface area contributed by atoms with Crippen LogP contribution >= 0.6 is 0 Å². The van der Waals surface area contributed by atoms with Crippen molar-refractivity contribution in [1.29, 1.82) is 0 Å². The van der Waals surface area contributed by atoms with E-state index in [0.717, 1.165) is 88.3 Å². The second-order valence-corrected chi connectivity index (χ2v) is 31.9. The molecule has 3 heterocycles. The molecule has 87 heavy (non-hydrogen) atoms. The van der Waals surface area contributed by atoms with E-state index in [0.29, 0.717) is 61.9 Å². The number of hydrogen-bond donors (Lipinski definition) is 12. The number of ether oxygens (including phenoxy) is 2. The maximum atomic E-state index is 16.6. The van der Waals surface area contributed by atoms with E-state index in [-0.39, 0.29) is 106 Å². The monoisotopic (exact) mass is 1200 g/mol. The number of rotatable bonds is 12. The van der Waals surface area contributed by atoms with Crippen molar-refractivity contribution in [2.24, 2.45) is 80.7 Å². The van der Waals surface area contributed by atoms with Gasteiger partial charge >= 0.3 is 0 Å². The zero-order valence-electron chi connectivity index (χ0n) is 52.1. The second kappa shape index (κ2) is 21.3. The Hall–Kier alpha value is -3.03. The molecule has 16 rings (SSSR count). The van der Waals surface area contributed by atoms with Gasteiger partial charge in [0.1, 0.15) is 5.60 Å². The third kappa shape index (κ3) is 8.30. The van der Waals surface area contributed by atoms with Gasteiger partial charge in [-0.25, -0.2) is 0 Å². The van der Waals surface area contributed by atoms with Crippen LogP contribution in [0.15, 0.2) is 81.8 Å². The minimum absolute atomic E-state index is 0.0000557. The van der Waals surface area contributed by atoms with E-state index in [9.17, 15) is 35.7 Å². The summed E-state index contributed by atoms with van der Waals surface area (Å²) in [5, 5.41) is 125. The van der Waals surface area contributed by atoms with E-state index in [1.807, 2.05) is 18.2 Å². The molecule has 9 fully saturated rings. The van der Waals surface area contributed by atoms with E-state index in [1.54, 1.807) is 13.8 Å². The van der Waals surface area contributed by atoms with Gasteiger partial charge in [-0.1, -0.05) is 74.6 Å². The number of aliphatic hydroxyl groups is 9. The molecule has 1 unspecified atom stereocenters. The van der Waals surface area contributed by atoms with E-state index in [2.05, 4.69) is 41.9 Å². The van der Waals surface area contributed by atoms with Crippen molar-refractivity contribution < 1.29 is 60.2 Å². The second-order valence-electron chi connectivity index (χ2n) is 31.9. The molecule has 0 radical (unpaired) electrons. The number of ketones is 1. The van der Waals surface area contributed by atoms with Gasteiger partial charge in [0.25, 0.3) is 0 Å². The van der Waals surface area contributed by atoms with Crippen molar-refractivity contribution in [3.8, 4) is 0 Å². The van der Waals surface area contributed by atoms with Crippen LogP contribution in [0.4, 0.5) is 0 Å². The van der Waals surface area contributed by atoms with Gasteiger partial charge in [-0.3, -0.25) is 4.79 Å². The molecular formula is C72H103N3O12. The third-order valence-corrected chi connectivity index (χ3v) is 28.0. The number of carbonyl (C=O) groups is 1. The van der Waals surface area contributed by atoms with Crippen LogP contribution in [0, 0.1) is 74.9 Å². The van der Waals surface area contributed by atoms with Gasteiger partial charge in [-0.2, -0.15) is 0 Å². The molecule has 478 valence electrons. The standard InChI is InChI=1S/C72H103N3O12/c1-4-8-40-13-18-47-55(21-14-40)87-64-60(47)51(78)11-6-24-72(64,85)65(3,82)57-23-25-71(84)63-61(74-36-39(2)77)62(81)49-34-52(79)53(80)35-67(49)37-66(48-20-22-58(73)75-50(48)10-7-30-76)26-28-68(83,70(63,67)29-27-66)38-69(57,71)44-17-15-41-33-56-59-42(31-43(41)32-44)16-19-46(59)45-9-5-12-54(45)86-56/h19-20,22,26-29,39-41,43-45,47,49,51-58,60,64,74-80,82-85H,4-18,21,23-25,30-38,73H2,1-3H3/t39-,40+,41-,43+,44-,45+,47+,49-,51-,52+,53-,54+,55+,56-,57+,58?,60+,64+,65+,66+,67+,68-,69-,70-,71+,72+/m0/s1. The summed E-state index contributed by atoms with van der Waals surface area (Å²) in [6.45, 7) is 5.58. The molecule has 13 aliphatic carbocycles. The Morgan fingerprint density at radius 3 is 2.49 bits per heavy atom. The number of nitrogens with two attached hydrogens (primary N) is 1. The average molecular weight is 1200 g/mol. The van der Waals surface area contributed by atoms with Crippen LogP contribution in [0.3, 0.4) is 0 Å². The van der Waals surface area contributed by atoms with Gasteiger partial charge in [0, 0.05) is 58.4 Å². The van der Waals surface area contributed by atoms with E-state index in [1.165, 1.54) is 23.1 Å². The highest BCUT2D eigenvalue weighted by Crippen LogP contribution is 2.83. The summed E-state index contributed by atoms with van der Waals surface area (Å²) in [6.07, 6.45) is 25.7. The normalized spacial score (nSPS) is 51.1. The summed E-state index contributed by atoms with van der Waals surface area (Å²) >= 11 is 0. The highest BCUT2D eigenvalue weighted by atomic mass is 16.5. The third-order valence-electron chi connectivity index (χ3n) is 28.0. The zero-order valence-corrected chi connectivity index (χ0v) is 52.1. The van der Waals surface area contributed by atoms with Crippen LogP contribution in [0.5, 0.6) is 0 Å². The maximum absolute atomic E-state index is 16.6. The van der Waals surface area contributed by atoms with E-state index < -0.39 is 98.5 Å². The zero-order chi connectivity index (χ0) is 60.6. The lowest BCUT2D eigenvalue weighted by Crippen LogP contribution is -2.78. The fraction of sp³-hybridized carbons (Fsp3) is 0.792. The van der Waals surface area contributed by atoms with E-state index in [4.69, 9.17) is 15.2 Å². The summed E-state index contributed by atoms with van der Waals surface area (Å²) in [4.78, 5) is 16.6. The van der Waals surface area contributed by atoms with Crippen LogP contribution in [-0.4, -0.2) is 142 Å². The first-order valence-corrected chi connectivity index (χ1v) is 35.0. The SMILES string of the molecule is CCC[C@@H]1CC[C@H]2[C@H]3[C@@H](O[C@@H]2CC1)[C@@](O)([C@](C)(O)[C@H]1CC[C@@]2(O)C4=C(NC[C@H](C)O)C(=O)[C@@H]5C[C@@H](O)[C@@H](O)C[C@@]56C[C@]5(C7=C(CCCO)NC(N)C=C7)C=C[C@]46[C@](O)(C=C5)C[C@]12[C@H]1CC[C@H]2C[C@@H]4O[C@@H]5CCC[C@@H]5C5=CCC(=C54)C[C@@H]2C1)CCC[C@@H]3O. The topological polar surface area (TPSA) is 268 Å². The molecule has 15 heteroatoms. The summed E-state index contributed by atoms with van der Waals surface area (Å²) < 4.78 is 14.5. The molecular weight excluding hydrogens is 1100 g/mol. The van der Waals surface area contributed by atoms with Gasteiger partial charge in [-0.05, 0) is 213 Å². The number of aliphatic hydroxyl groups excluding tert-OH is 5. The highest BCUT2D eigenvalue weighted by Gasteiger charge is 2.85. The maximum Gasteiger partial charge on any atom is 0.182 e. The van der Waals surface area contributed by atoms with Crippen molar-refractivity contribution >= 4 is 5.78 Å². The minimum atomic E-state index is -2.00. The van der Waals surface area contributed by atoms with Crippen molar-refractivity contribution in [3.63, 3.8) is 0 Å². The fourth-order valence-electron chi connectivity index (χ4n) is 24.6. The number of dihydropyridines is 1. The van der Waals surface area contributed by atoms with Gasteiger partial charge in [0.15, 0.2) is 5.78 Å². The van der Waals surface area contributed by atoms with Crippen molar-refractivity contribution in [3.05, 3.63) is 81.8 Å². The summed E-state index contributed by atoms with van der Waals surface area (Å²) in [5.41, 5.74) is -0.0226. The number of nitrogens with one attached hydrogen (secondary N) is 2. The van der Waals surface area contributed by atoms with Gasteiger partial charge < -0.3 is 71.8 Å². The molecule has 0 aromatic carbocycles. The van der Waals surface area contributed by atoms with Crippen molar-refractivity contribution in [1.82, 2.24) is 10.6 Å². The van der Waals surface area contributed by atoms with Crippen LogP contribution in [-0.2, 0) is 14.3 Å². The quantitative estimate of drug-likeness (QED) is 0.0863. The number of fused-ring (bicyclic) bond motifs is 8. The molecule has 0 amide bonds. The Kier molecular flexibility index (Phi) is 14.7. The average Bonchev–Trinajstić information content (AvgIpc) is 1.60. The molecule has 15 nitrogen and oxygen atoms in total. The van der Waals surface area contributed by atoms with Gasteiger partial charge in [0.05, 0.1) is 82.9 Å². The van der Waals surface area contributed by atoms with Crippen LogP contribution < -0.4 is 16.4 Å². The van der Waals surface area contributed by atoms with Crippen LogP contribution in [0.1, 0.15) is 188 Å². The number of allylic oxidation sites excluding steroid dienone is 8. The molecule has 16 aliphatic rings. The number of Topliss-reactive ketones (excluding diaryl/α,β-unsaturated/α-hetero) is 1. The molecule has 13 N–H and O–H groups in total. The lowest BCUT2D eigenvalue weighted by molar-refractivity contribution is -0.286. The Morgan fingerprint density at radius 2 is 1.69 bits per heavy atom. The smallest absolute Gasteiger partial charge is 0.182 e. The van der Waals surface area contributed by atoms with Crippen LogP contribution in [0.25, 0.3) is 0 Å². The first kappa shape index (κ1) is 60.2. The van der Waals surface area contributed by atoms with Crippen LogP contribution in [0.2, 0.25) is 0 Å². The molecule has 0 aromatic heterocycles. The summed E-state index contributed by atoms with van der Waals surface area (Å²) in [5.74, 6) is -1.46. The van der Waals surface area contributed by atoms with Crippen molar-refractivity contribution in [2.75, 3.05) is 13.2 Å². The van der Waals surface area contributed by atoms with Crippen molar-refractivity contribution in [2.45, 2.75) is 265 Å². The summed E-state index contributed by atoms with van der Waals surface area (Å²) in [6, 6.07) is 0. The summed E-state index contributed by atoms with van der Waals surface area (Å²) in [7, 11) is 0. The Labute approximate surface area is 515 Å². The predicted octanol–water partition coefficient (Wildman–Crippen LogP) is 7.18.